The predicted octanol–water partition coefficient (Wildman–Crippen LogP) is 6.00. The molecule has 184 valence electrons. The van der Waals surface area contributed by atoms with Gasteiger partial charge in [-0.3, -0.25) is 9.78 Å². The van der Waals surface area contributed by atoms with Gasteiger partial charge in [-0.25, -0.2) is 0 Å². The maximum absolute atomic E-state index is 12.9. The van der Waals surface area contributed by atoms with Crippen LogP contribution in [-0.4, -0.2) is 33.9 Å². The quantitative estimate of drug-likeness (QED) is 0.535. The largest absolute Gasteiger partial charge is 0.490 e. The van der Waals surface area contributed by atoms with Gasteiger partial charge in [-0.05, 0) is 88.5 Å². The van der Waals surface area contributed by atoms with Gasteiger partial charge in [0.25, 0.3) is 0 Å². The zero-order valence-electron chi connectivity index (χ0n) is 19.2. The SMILES string of the molecule is O=C(O)C12CCC(NCc3ccc4cc(O[C@H]5CC[C@@H](C(F)(F)F)CC5)ccc4n3)(CC1)CC2. The Morgan fingerprint density at radius 3 is 2.32 bits per heavy atom. The Kier molecular flexibility index (Phi) is 5.99. The first-order chi connectivity index (χ1) is 16.2. The molecule has 2 N–H and O–H groups in total. The average molecular weight is 477 g/mol. The highest BCUT2D eigenvalue weighted by Crippen LogP contribution is 2.52. The molecule has 4 fully saturated rings. The van der Waals surface area contributed by atoms with Crippen LogP contribution in [0.25, 0.3) is 10.9 Å². The summed E-state index contributed by atoms with van der Waals surface area (Å²) in [6.07, 6.45) is 1.66. The van der Waals surface area contributed by atoms with Crippen LogP contribution in [0.5, 0.6) is 5.75 Å². The number of rotatable bonds is 6. The van der Waals surface area contributed by atoms with E-state index in [2.05, 4.69) is 5.32 Å². The minimum Gasteiger partial charge on any atom is -0.490 e. The van der Waals surface area contributed by atoms with Crippen LogP contribution in [0.15, 0.2) is 30.3 Å². The fraction of sp³-hybridized carbons (Fsp3) is 0.615. The maximum Gasteiger partial charge on any atom is 0.391 e. The average Bonchev–Trinajstić information content (AvgIpc) is 2.83. The van der Waals surface area contributed by atoms with Crippen molar-refractivity contribution in [2.75, 3.05) is 0 Å². The molecule has 34 heavy (non-hydrogen) atoms. The summed E-state index contributed by atoms with van der Waals surface area (Å²) < 4.78 is 44.6. The van der Waals surface area contributed by atoms with Crippen LogP contribution in [-0.2, 0) is 11.3 Å². The molecule has 0 unspecified atom stereocenters. The van der Waals surface area contributed by atoms with Crippen molar-refractivity contribution in [1.29, 1.82) is 0 Å². The third-order valence-electron chi connectivity index (χ3n) is 8.50. The van der Waals surface area contributed by atoms with Gasteiger partial charge in [0.05, 0.1) is 28.6 Å². The topological polar surface area (TPSA) is 71.5 Å². The van der Waals surface area contributed by atoms with Gasteiger partial charge in [0.1, 0.15) is 5.75 Å². The highest BCUT2D eigenvalue weighted by Gasteiger charge is 2.52. The van der Waals surface area contributed by atoms with Crippen LogP contribution in [0.1, 0.15) is 69.9 Å². The van der Waals surface area contributed by atoms with Gasteiger partial charge in [-0.1, -0.05) is 6.07 Å². The van der Waals surface area contributed by atoms with Crippen molar-refractivity contribution in [2.45, 2.75) is 88.6 Å². The van der Waals surface area contributed by atoms with Gasteiger partial charge < -0.3 is 15.2 Å². The van der Waals surface area contributed by atoms with E-state index < -0.39 is 23.5 Å². The molecule has 0 saturated heterocycles. The molecule has 0 aliphatic heterocycles. The number of pyridine rings is 1. The first kappa shape index (κ1) is 23.4. The summed E-state index contributed by atoms with van der Waals surface area (Å²) in [6.45, 7) is 0.636. The summed E-state index contributed by atoms with van der Waals surface area (Å²) >= 11 is 0. The molecule has 1 heterocycles. The second-order valence-electron chi connectivity index (χ2n) is 10.5. The Balaban J connectivity index is 1.18. The van der Waals surface area contributed by atoms with E-state index in [-0.39, 0.29) is 24.5 Å². The zero-order valence-corrected chi connectivity index (χ0v) is 19.2. The van der Waals surface area contributed by atoms with E-state index in [0.29, 0.717) is 25.1 Å². The Morgan fingerprint density at radius 2 is 1.71 bits per heavy atom. The molecule has 8 heteroatoms. The van der Waals surface area contributed by atoms with E-state index in [9.17, 15) is 23.1 Å². The number of nitrogens with zero attached hydrogens (tertiary/aromatic N) is 1. The van der Waals surface area contributed by atoms with Gasteiger partial charge >= 0.3 is 12.1 Å². The Labute approximate surface area is 197 Å². The number of aromatic nitrogens is 1. The fourth-order valence-electron chi connectivity index (χ4n) is 6.07. The lowest BCUT2D eigenvalue weighted by Crippen LogP contribution is -2.56. The Morgan fingerprint density at radius 1 is 1.03 bits per heavy atom. The van der Waals surface area contributed by atoms with Gasteiger partial charge in [-0.15, -0.1) is 0 Å². The maximum atomic E-state index is 12.9. The van der Waals surface area contributed by atoms with Crippen molar-refractivity contribution in [2.24, 2.45) is 11.3 Å². The number of benzene rings is 1. The first-order valence-corrected chi connectivity index (χ1v) is 12.3. The third kappa shape index (κ3) is 4.61. The summed E-state index contributed by atoms with van der Waals surface area (Å²) in [6, 6.07) is 9.63. The van der Waals surface area contributed by atoms with Crippen molar-refractivity contribution in [3.63, 3.8) is 0 Å². The molecule has 5 nitrogen and oxygen atoms in total. The van der Waals surface area contributed by atoms with Crippen molar-refractivity contribution >= 4 is 16.9 Å². The fourth-order valence-corrected chi connectivity index (χ4v) is 6.07. The van der Waals surface area contributed by atoms with Crippen molar-refractivity contribution in [3.05, 3.63) is 36.0 Å². The zero-order chi connectivity index (χ0) is 24.0. The molecule has 0 radical (unpaired) electrons. The van der Waals surface area contributed by atoms with E-state index in [4.69, 9.17) is 9.72 Å². The normalized spacial score (nSPS) is 31.5. The van der Waals surface area contributed by atoms with E-state index >= 15 is 0 Å². The molecule has 1 aromatic heterocycles. The number of aliphatic carboxylic acids is 1. The Hall–Kier alpha value is -2.35. The lowest BCUT2D eigenvalue weighted by atomic mass is 9.57. The lowest BCUT2D eigenvalue weighted by molar-refractivity contribution is -0.185. The standard InChI is InChI=1S/C26H31F3N2O3/c27-26(28,29)18-2-5-20(6-3-18)34-21-7-8-22-17(15-21)1-4-19(31-22)16-30-25-12-9-24(10-13-25,11-14-25)23(32)33/h1,4,7-8,15,18,20,30H,2-3,5-6,9-14,16H2,(H,32,33)/t18-,20+,24?,25?. The number of nitrogens with one attached hydrogen (secondary N) is 1. The number of hydrogen-bond acceptors (Lipinski definition) is 4. The second kappa shape index (κ2) is 8.70. The number of carboxylic acids is 1. The molecule has 4 saturated carbocycles. The summed E-state index contributed by atoms with van der Waals surface area (Å²) in [5, 5.41) is 14.2. The number of alkyl halides is 3. The molecule has 6 rings (SSSR count). The third-order valence-corrected chi connectivity index (χ3v) is 8.50. The molecular formula is C26H31F3N2O3. The Bertz CT molecular complexity index is 1040. The van der Waals surface area contributed by atoms with Gasteiger partial charge in [0, 0.05) is 17.5 Å². The number of carbonyl (C=O) groups is 1. The summed E-state index contributed by atoms with van der Waals surface area (Å²) in [4.78, 5) is 16.4. The summed E-state index contributed by atoms with van der Waals surface area (Å²) in [5.41, 5.74) is 1.28. The highest BCUT2D eigenvalue weighted by atomic mass is 19.4. The lowest BCUT2D eigenvalue weighted by Gasteiger charge is -2.51. The van der Waals surface area contributed by atoms with Crippen molar-refractivity contribution in [1.82, 2.24) is 10.3 Å². The monoisotopic (exact) mass is 476 g/mol. The number of hydrogen-bond donors (Lipinski definition) is 2. The van der Waals surface area contributed by atoms with Crippen LogP contribution in [0.2, 0.25) is 0 Å². The van der Waals surface area contributed by atoms with E-state index in [1.54, 1.807) is 0 Å². The molecule has 1 aromatic carbocycles. The molecule has 0 atom stereocenters. The number of fused-ring (bicyclic) bond motifs is 4. The van der Waals surface area contributed by atoms with Crippen LogP contribution in [0, 0.1) is 11.3 Å². The minimum atomic E-state index is -4.11. The van der Waals surface area contributed by atoms with E-state index in [1.807, 2.05) is 30.3 Å². The van der Waals surface area contributed by atoms with E-state index in [0.717, 1.165) is 55.1 Å². The highest BCUT2D eigenvalue weighted by molar-refractivity contribution is 5.80. The summed E-state index contributed by atoms with van der Waals surface area (Å²) in [7, 11) is 0. The van der Waals surface area contributed by atoms with Crippen LogP contribution in [0.3, 0.4) is 0 Å². The number of ether oxygens (including phenoxy) is 1. The molecule has 0 spiro atoms. The van der Waals surface area contributed by atoms with Crippen LogP contribution >= 0.6 is 0 Å². The minimum absolute atomic E-state index is 0.0106. The van der Waals surface area contributed by atoms with Crippen molar-refractivity contribution in [3.8, 4) is 5.75 Å². The number of halogens is 3. The first-order valence-electron chi connectivity index (χ1n) is 12.3. The van der Waals surface area contributed by atoms with Crippen LogP contribution < -0.4 is 10.1 Å². The van der Waals surface area contributed by atoms with Gasteiger partial charge in [0.2, 0.25) is 0 Å². The van der Waals surface area contributed by atoms with Gasteiger partial charge in [-0.2, -0.15) is 13.2 Å². The van der Waals surface area contributed by atoms with Crippen LogP contribution in [0.4, 0.5) is 13.2 Å². The predicted molar refractivity (Wildman–Crippen MR) is 122 cm³/mol. The molecule has 0 amide bonds. The molecular weight excluding hydrogens is 445 g/mol. The molecule has 2 aromatic rings. The summed E-state index contributed by atoms with van der Waals surface area (Å²) in [5.74, 6) is -1.18. The number of carboxylic acid groups (broad SMARTS) is 1. The molecule has 2 bridgehead atoms. The smallest absolute Gasteiger partial charge is 0.391 e. The second-order valence-corrected chi connectivity index (χ2v) is 10.5. The van der Waals surface area contributed by atoms with E-state index in [1.165, 1.54) is 0 Å². The molecule has 4 aliphatic rings. The van der Waals surface area contributed by atoms with Crippen molar-refractivity contribution < 1.29 is 27.8 Å². The molecule has 4 aliphatic carbocycles. The van der Waals surface area contributed by atoms with Gasteiger partial charge in [0.15, 0.2) is 0 Å².